The monoisotopic (exact) mass is 758 g/mol. The number of nitrogens with zero attached hydrogens (tertiary/aromatic N) is 4. The van der Waals surface area contributed by atoms with Gasteiger partial charge in [0, 0.05) is 24.5 Å². The molecule has 1 unspecified atom stereocenters. The Labute approximate surface area is 323 Å². The van der Waals surface area contributed by atoms with Crippen molar-refractivity contribution in [3.05, 3.63) is 47.3 Å². The normalized spacial score (nSPS) is 23.5. The molecule has 4 heterocycles. The SMILES string of the molecule is COC(=O)N[C@H](C(=O)N1CC2(CC2)C[C@H]1c1ncc(CCCCCc2ccc3nc(C4[C@H]5CC[C@H](C5)N4C(=O)[C@@H](NC(=O)OC)C(C)C)[nH]c3c2)[nH]1)C(C)C. The van der Waals surface area contributed by atoms with Crippen molar-refractivity contribution < 1.29 is 28.7 Å². The molecule has 2 bridgehead atoms. The molecule has 2 saturated carbocycles. The number of carbonyl (C=O) groups is 4. The van der Waals surface area contributed by atoms with E-state index in [0.29, 0.717) is 12.5 Å². The number of imidazole rings is 2. The molecule has 4 N–H and O–H groups in total. The van der Waals surface area contributed by atoms with Crippen LogP contribution in [0.25, 0.3) is 11.0 Å². The summed E-state index contributed by atoms with van der Waals surface area (Å²) in [5.74, 6) is 1.68. The predicted octanol–water partition coefficient (Wildman–Crippen LogP) is 6.11. The second kappa shape index (κ2) is 15.9. The first-order valence-electron chi connectivity index (χ1n) is 20.2. The van der Waals surface area contributed by atoms with Gasteiger partial charge in [-0.15, -0.1) is 0 Å². The minimum Gasteiger partial charge on any atom is -0.453 e. The first kappa shape index (κ1) is 38.6. The zero-order chi connectivity index (χ0) is 39.0. The third-order valence-electron chi connectivity index (χ3n) is 12.6. The van der Waals surface area contributed by atoms with Gasteiger partial charge in [0.1, 0.15) is 23.7 Å². The summed E-state index contributed by atoms with van der Waals surface area (Å²) in [6, 6.07) is 4.98. The minimum atomic E-state index is -0.662. The fourth-order valence-electron chi connectivity index (χ4n) is 9.33. The number of methoxy groups -OCH3 is 2. The van der Waals surface area contributed by atoms with E-state index in [2.05, 4.69) is 38.8 Å². The molecule has 14 heteroatoms. The average Bonchev–Trinajstić information content (AvgIpc) is 3.75. The van der Waals surface area contributed by atoms with Gasteiger partial charge in [-0.05, 0) is 105 Å². The molecule has 3 aromatic rings. The minimum absolute atomic E-state index is 0.0721. The number of aryl methyl sites for hydroxylation is 2. The van der Waals surface area contributed by atoms with Gasteiger partial charge in [0.05, 0.1) is 37.3 Å². The van der Waals surface area contributed by atoms with Gasteiger partial charge < -0.3 is 39.9 Å². The van der Waals surface area contributed by atoms with Gasteiger partial charge in [0.2, 0.25) is 11.8 Å². The average molecular weight is 759 g/mol. The summed E-state index contributed by atoms with van der Waals surface area (Å²) in [4.78, 5) is 72.6. The molecule has 2 saturated heterocycles. The van der Waals surface area contributed by atoms with Crippen LogP contribution in [0, 0.1) is 23.2 Å². The van der Waals surface area contributed by atoms with Crippen LogP contribution in [0.2, 0.25) is 0 Å². The summed E-state index contributed by atoms with van der Waals surface area (Å²) in [5.41, 5.74) is 4.36. The molecule has 4 amide bonds. The van der Waals surface area contributed by atoms with Crippen LogP contribution in [-0.4, -0.2) is 92.6 Å². The Balaban J connectivity index is 0.936. The van der Waals surface area contributed by atoms with Crippen molar-refractivity contribution in [3.8, 4) is 0 Å². The number of unbranched alkanes of at least 4 members (excludes halogenated alkanes) is 2. The van der Waals surface area contributed by atoms with E-state index >= 15 is 0 Å². The highest BCUT2D eigenvalue weighted by molar-refractivity contribution is 5.87. The Morgan fingerprint density at radius 3 is 2.25 bits per heavy atom. The lowest BCUT2D eigenvalue weighted by Crippen LogP contribution is -2.54. The highest BCUT2D eigenvalue weighted by Crippen LogP contribution is 2.58. The van der Waals surface area contributed by atoms with Gasteiger partial charge in [-0.3, -0.25) is 9.59 Å². The van der Waals surface area contributed by atoms with Crippen LogP contribution in [0.4, 0.5) is 9.59 Å². The molecule has 4 fully saturated rings. The standard InChI is InChI=1S/C41H58N8O6/c1-23(2)32(46-39(52)54-5)37(50)48-22-41(16-17-41)20-31(48)35-42-21-27(43-35)11-9-7-8-10-25-12-15-29-30(18-25)45-36(44-29)34-26-13-14-28(19-26)49(34)38(51)33(24(3)4)47-40(53)55-6/h12,15,18,21,23-24,26,28,31-34H,7-11,13-14,16-17,19-20,22H2,1-6H3,(H,42,43)(H,44,45)(H,46,52)(H,47,53)/t26-,28+,31-,32-,33-,34?/m0/s1. The van der Waals surface area contributed by atoms with Crippen LogP contribution in [0.1, 0.15) is 120 Å². The summed E-state index contributed by atoms with van der Waals surface area (Å²) < 4.78 is 9.62. The molecular weight excluding hydrogens is 701 g/mol. The van der Waals surface area contributed by atoms with Crippen molar-refractivity contribution in [3.63, 3.8) is 0 Å². The second-order valence-corrected chi connectivity index (χ2v) is 17.1. The first-order chi connectivity index (χ1) is 26.4. The smallest absolute Gasteiger partial charge is 0.407 e. The molecule has 2 aliphatic heterocycles. The Morgan fingerprint density at radius 1 is 0.891 bits per heavy atom. The number of rotatable bonds is 14. The number of hydrogen-bond donors (Lipinski definition) is 4. The molecule has 2 aromatic heterocycles. The molecule has 1 spiro atoms. The Kier molecular flexibility index (Phi) is 11.1. The lowest BCUT2D eigenvalue weighted by atomic mass is 9.95. The van der Waals surface area contributed by atoms with Gasteiger partial charge >= 0.3 is 12.2 Å². The van der Waals surface area contributed by atoms with E-state index in [1.165, 1.54) is 19.8 Å². The molecule has 6 atom stereocenters. The number of aromatic amines is 2. The van der Waals surface area contributed by atoms with Crippen molar-refractivity contribution in [1.82, 2.24) is 40.4 Å². The molecule has 2 aliphatic carbocycles. The molecule has 14 nitrogen and oxygen atoms in total. The van der Waals surface area contributed by atoms with E-state index in [4.69, 9.17) is 19.4 Å². The molecule has 298 valence electrons. The summed E-state index contributed by atoms with van der Waals surface area (Å²) in [6.07, 6.45) is 11.8. The molecule has 0 radical (unpaired) electrons. The van der Waals surface area contributed by atoms with Crippen LogP contribution >= 0.6 is 0 Å². The number of likely N-dealkylation sites (tertiary alicyclic amines) is 2. The highest BCUT2D eigenvalue weighted by Gasteiger charge is 2.55. The van der Waals surface area contributed by atoms with E-state index < -0.39 is 24.3 Å². The number of fused-ring (bicyclic) bond motifs is 3. The fourth-order valence-corrected chi connectivity index (χ4v) is 9.33. The third-order valence-corrected chi connectivity index (χ3v) is 12.6. The first-order valence-corrected chi connectivity index (χ1v) is 20.2. The van der Waals surface area contributed by atoms with Gasteiger partial charge in [-0.25, -0.2) is 19.6 Å². The van der Waals surface area contributed by atoms with E-state index in [1.54, 1.807) is 0 Å². The lowest BCUT2D eigenvalue weighted by Gasteiger charge is -2.37. The number of H-pyrrole nitrogens is 2. The van der Waals surface area contributed by atoms with Crippen LogP contribution < -0.4 is 10.6 Å². The van der Waals surface area contributed by atoms with Gasteiger partial charge in [0.15, 0.2) is 0 Å². The maximum absolute atomic E-state index is 13.9. The zero-order valence-corrected chi connectivity index (χ0v) is 33.2. The van der Waals surface area contributed by atoms with Crippen molar-refractivity contribution >= 4 is 35.0 Å². The quantitative estimate of drug-likeness (QED) is 0.143. The largest absolute Gasteiger partial charge is 0.453 e. The number of piperidine rings is 1. The molecule has 55 heavy (non-hydrogen) atoms. The predicted molar refractivity (Wildman–Crippen MR) is 206 cm³/mol. The Morgan fingerprint density at radius 2 is 1.58 bits per heavy atom. The topological polar surface area (TPSA) is 175 Å². The van der Waals surface area contributed by atoms with Crippen LogP contribution in [0.15, 0.2) is 24.4 Å². The number of benzene rings is 1. The van der Waals surface area contributed by atoms with Crippen molar-refractivity contribution in [2.75, 3.05) is 20.8 Å². The number of amides is 4. The summed E-state index contributed by atoms with van der Waals surface area (Å²) in [5, 5.41) is 5.52. The summed E-state index contributed by atoms with van der Waals surface area (Å²) in [6.45, 7) is 8.44. The molecular formula is C41H58N8O6. The number of aromatic nitrogens is 4. The highest BCUT2D eigenvalue weighted by atomic mass is 16.5. The third kappa shape index (κ3) is 8.05. The number of nitrogens with one attached hydrogen (secondary N) is 4. The lowest BCUT2D eigenvalue weighted by molar-refractivity contribution is -0.139. The number of hydrogen-bond acceptors (Lipinski definition) is 8. The Bertz CT molecular complexity index is 1880. The van der Waals surface area contributed by atoms with Crippen LogP contribution in [-0.2, 0) is 31.9 Å². The maximum atomic E-state index is 13.9. The van der Waals surface area contributed by atoms with E-state index in [9.17, 15) is 19.2 Å². The molecule has 4 aliphatic rings. The number of ether oxygens (including phenoxy) is 2. The maximum Gasteiger partial charge on any atom is 0.407 e. The van der Waals surface area contributed by atoms with Gasteiger partial charge in [-0.2, -0.15) is 0 Å². The van der Waals surface area contributed by atoms with Crippen molar-refractivity contribution in [2.45, 2.75) is 129 Å². The summed E-state index contributed by atoms with van der Waals surface area (Å²) in [7, 11) is 2.63. The number of alkyl carbamates (subject to hydrolysis) is 2. The second-order valence-electron chi connectivity index (χ2n) is 17.1. The summed E-state index contributed by atoms with van der Waals surface area (Å²) >= 11 is 0. The van der Waals surface area contributed by atoms with E-state index in [1.807, 2.05) is 43.7 Å². The fraction of sp³-hybridized carbons (Fsp3) is 0.659. The molecule has 7 rings (SSSR count). The Hall–Kier alpha value is -4.62. The van der Waals surface area contributed by atoms with Gasteiger partial charge in [-0.1, -0.05) is 40.2 Å². The molecule has 1 aromatic carbocycles. The van der Waals surface area contributed by atoms with Crippen LogP contribution in [0.3, 0.4) is 0 Å². The zero-order valence-electron chi connectivity index (χ0n) is 33.2. The number of carbonyl (C=O) groups excluding carboxylic acids is 4. The van der Waals surface area contributed by atoms with Gasteiger partial charge in [0.25, 0.3) is 0 Å². The van der Waals surface area contributed by atoms with E-state index in [-0.39, 0.29) is 47.2 Å². The van der Waals surface area contributed by atoms with E-state index in [0.717, 1.165) is 99.0 Å². The van der Waals surface area contributed by atoms with Crippen molar-refractivity contribution in [1.29, 1.82) is 0 Å². The van der Waals surface area contributed by atoms with Crippen molar-refractivity contribution in [2.24, 2.45) is 23.2 Å². The van der Waals surface area contributed by atoms with Crippen LogP contribution in [0.5, 0.6) is 0 Å².